The van der Waals surface area contributed by atoms with Crippen molar-refractivity contribution in [2.24, 2.45) is 5.10 Å². The van der Waals surface area contributed by atoms with Crippen LogP contribution < -0.4 is 20.2 Å². The summed E-state index contributed by atoms with van der Waals surface area (Å²) in [5.74, 6) is 0.797. The van der Waals surface area contributed by atoms with Crippen molar-refractivity contribution in [3.8, 4) is 11.5 Å². The summed E-state index contributed by atoms with van der Waals surface area (Å²) in [5, 5.41) is 6.89. The lowest BCUT2D eigenvalue weighted by molar-refractivity contribution is -0.118. The lowest BCUT2D eigenvalue weighted by atomic mass is 10.1. The number of nitrogens with one attached hydrogen (secondary N) is 2. The predicted molar refractivity (Wildman–Crippen MR) is 102 cm³/mol. The third kappa shape index (κ3) is 4.63. The Kier molecular flexibility index (Phi) is 5.40. The molecule has 0 atom stereocenters. The van der Waals surface area contributed by atoms with Gasteiger partial charge in [0.05, 0.1) is 17.5 Å². The Bertz CT molecular complexity index is 889. The highest BCUT2D eigenvalue weighted by Crippen LogP contribution is 2.28. The number of rotatable bonds is 5. The van der Waals surface area contributed by atoms with E-state index in [9.17, 15) is 9.59 Å². The Morgan fingerprint density at radius 1 is 1.19 bits per heavy atom. The highest BCUT2D eigenvalue weighted by molar-refractivity contribution is 6.03. The normalized spacial score (nSPS) is 13.5. The zero-order chi connectivity index (χ0) is 19.4. The minimum Gasteiger partial charge on any atom is -0.491 e. The van der Waals surface area contributed by atoms with Gasteiger partial charge in [0.25, 0.3) is 11.8 Å². The van der Waals surface area contributed by atoms with Gasteiger partial charge in [0.1, 0.15) is 11.5 Å². The zero-order valence-corrected chi connectivity index (χ0v) is 15.4. The van der Waals surface area contributed by atoms with Crippen molar-refractivity contribution in [1.82, 2.24) is 5.43 Å². The maximum Gasteiger partial charge on any atom is 0.271 e. The second kappa shape index (κ2) is 7.90. The van der Waals surface area contributed by atoms with E-state index in [2.05, 4.69) is 15.8 Å². The molecule has 2 aromatic carbocycles. The van der Waals surface area contributed by atoms with Crippen molar-refractivity contribution >= 4 is 23.2 Å². The summed E-state index contributed by atoms with van der Waals surface area (Å²) >= 11 is 0. The number of amides is 2. The Morgan fingerprint density at radius 3 is 2.59 bits per heavy atom. The summed E-state index contributed by atoms with van der Waals surface area (Å²) < 4.78 is 10.9. The molecule has 0 bridgehead atoms. The molecule has 3 rings (SSSR count). The lowest BCUT2D eigenvalue weighted by Gasteiger charge is -2.18. The fourth-order valence-corrected chi connectivity index (χ4v) is 2.53. The van der Waals surface area contributed by atoms with Crippen LogP contribution in [0.25, 0.3) is 0 Å². The van der Waals surface area contributed by atoms with Crippen LogP contribution in [0.1, 0.15) is 36.7 Å². The first-order valence-electron chi connectivity index (χ1n) is 8.61. The molecule has 27 heavy (non-hydrogen) atoms. The molecular weight excluding hydrogens is 346 g/mol. The molecule has 1 heterocycles. The van der Waals surface area contributed by atoms with Crippen molar-refractivity contribution in [2.75, 3.05) is 11.9 Å². The average Bonchev–Trinajstić information content (AvgIpc) is 2.65. The van der Waals surface area contributed by atoms with E-state index in [4.69, 9.17) is 9.47 Å². The van der Waals surface area contributed by atoms with Gasteiger partial charge in [-0.15, -0.1) is 0 Å². The van der Waals surface area contributed by atoms with Crippen LogP contribution in [0.15, 0.2) is 47.6 Å². The van der Waals surface area contributed by atoms with Gasteiger partial charge in [0.2, 0.25) is 0 Å². The Labute approximate surface area is 157 Å². The largest absolute Gasteiger partial charge is 0.491 e. The summed E-state index contributed by atoms with van der Waals surface area (Å²) in [6.45, 7) is 5.66. The molecule has 7 heteroatoms. The van der Waals surface area contributed by atoms with E-state index in [1.165, 1.54) is 0 Å². The predicted octanol–water partition coefficient (Wildman–Crippen LogP) is 2.96. The monoisotopic (exact) mass is 367 g/mol. The van der Waals surface area contributed by atoms with Gasteiger partial charge in [0.15, 0.2) is 6.61 Å². The number of hydrogen-bond donors (Lipinski definition) is 2. The van der Waals surface area contributed by atoms with Gasteiger partial charge in [-0.25, -0.2) is 5.43 Å². The van der Waals surface area contributed by atoms with Gasteiger partial charge in [-0.2, -0.15) is 5.10 Å². The van der Waals surface area contributed by atoms with E-state index >= 15 is 0 Å². The number of hydrazone groups is 1. The average molecular weight is 367 g/mol. The highest BCUT2D eigenvalue weighted by atomic mass is 16.5. The number of benzene rings is 2. The quantitative estimate of drug-likeness (QED) is 0.628. The maximum absolute atomic E-state index is 12.3. The van der Waals surface area contributed by atoms with Crippen LogP contribution >= 0.6 is 0 Å². The van der Waals surface area contributed by atoms with Crippen LogP contribution in [0.4, 0.5) is 5.69 Å². The number of carbonyl (C=O) groups excluding carboxylic acids is 2. The van der Waals surface area contributed by atoms with Crippen molar-refractivity contribution in [1.29, 1.82) is 0 Å². The third-order valence-electron chi connectivity index (χ3n) is 3.84. The molecule has 1 aliphatic rings. The second-order valence-electron chi connectivity index (χ2n) is 6.38. The first-order chi connectivity index (χ1) is 12.9. The minimum absolute atomic E-state index is 0.0104. The van der Waals surface area contributed by atoms with Gasteiger partial charge < -0.3 is 14.8 Å². The summed E-state index contributed by atoms with van der Waals surface area (Å²) in [6, 6.07) is 12.2. The van der Waals surface area contributed by atoms with Crippen LogP contribution in [0.5, 0.6) is 11.5 Å². The number of ether oxygens (including phenoxy) is 2. The molecule has 0 spiro atoms. The molecule has 2 N–H and O–H groups in total. The number of nitrogens with zero attached hydrogens (tertiary/aromatic N) is 1. The molecule has 0 aliphatic carbocycles. The number of anilines is 1. The molecule has 0 saturated heterocycles. The minimum atomic E-state index is -0.319. The Morgan fingerprint density at radius 2 is 1.89 bits per heavy atom. The van der Waals surface area contributed by atoms with E-state index in [1.807, 2.05) is 19.9 Å². The van der Waals surface area contributed by atoms with Crippen LogP contribution in [-0.4, -0.2) is 30.2 Å². The molecule has 0 unspecified atom stereocenters. The maximum atomic E-state index is 12.3. The molecule has 0 saturated carbocycles. The fourth-order valence-electron chi connectivity index (χ4n) is 2.53. The number of fused-ring (bicyclic) bond motifs is 1. The molecular formula is C20H21N3O4. The third-order valence-corrected chi connectivity index (χ3v) is 3.84. The van der Waals surface area contributed by atoms with Crippen molar-refractivity contribution in [3.63, 3.8) is 0 Å². The second-order valence-corrected chi connectivity index (χ2v) is 6.38. The molecule has 2 aromatic rings. The van der Waals surface area contributed by atoms with Gasteiger partial charge >= 0.3 is 0 Å². The van der Waals surface area contributed by atoms with Crippen LogP contribution in [0, 0.1) is 0 Å². The van der Waals surface area contributed by atoms with Gasteiger partial charge in [-0.1, -0.05) is 0 Å². The summed E-state index contributed by atoms with van der Waals surface area (Å²) in [5.41, 5.74) is 4.97. The van der Waals surface area contributed by atoms with Crippen molar-refractivity contribution in [2.45, 2.75) is 26.9 Å². The lowest BCUT2D eigenvalue weighted by Crippen LogP contribution is -2.25. The van der Waals surface area contributed by atoms with Crippen LogP contribution in [0.2, 0.25) is 0 Å². The van der Waals surface area contributed by atoms with Gasteiger partial charge in [-0.05, 0) is 68.8 Å². The van der Waals surface area contributed by atoms with E-state index in [0.29, 0.717) is 28.5 Å². The summed E-state index contributed by atoms with van der Waals surface area (Å²) in [4.78, 5) is 23.7. The van der Waals surface area contributed by atoms with Crippen molar-refractivity contribution < 1.29 is 19.1 Å². The van der Waals surface area contributed by atoms with Crippen LogP contribution in [-0.2, 0) is 4.79 Å². The van der Waals surface area contributed by atoms with E-state index in [0.717, 1.165) is 5.56 Å². The van der Waals surface area contributed by atoms with E-state index in [1.54, 1.807) is 43.3 Å². The number of hydrogen-bond acceptors (Lipinski definition) is 5. The first kappa shape index (κ1) is 18.4. The van der Waals surface area contributed by atoms with Crippen LogP contribution in [0.3, 0.4) is 0 Å². The number of carbonyl (C=O) groups is 2. The molecule has 2 amide bonds. The molecule has 7 nitrogen and oxygen atoms in total. The molecule has 140 valence electrons. The SMILES string of the molecule is C/C(=N/NC(=O)c1ccc(OC(C)C)cc1)c1ccc2c(c1)NC(=O)CO2. The van der Waals surface area contributed by atoms with Gasteiger partial charge in [-0.3, -0.25) is 9.59 Å². The standard InChI is InChI=1S/C20H21N3O4/c1-12(2)27-16-7-4-14(5-8-16)20(25)23-22-13(3)15-6-9-18-17(10-15)21-19(24)11-26-18/h4-10,12H,11H2,1-3H3,(H,21,24)(H,23,25)/b22-13-. The fraction of sp³-hybridized carbons (Fsp3) is 0.250. The van der Waals surface area contributed by atoms with E-state index < -0.39 is 0 Å². The molecule has 1 aliphatic heterocycles. The molecule has 0 radical (unpaired) electrons. The van der Waals surface area contributed by atoms with E-state index in [-0.39, 0.29) is 24.5 Å². The van der Waals surface area contributed by atoms with Crippen molar-refractivity contribution in [3.05, 3.63) is 53.6 Å². The van der Waals surface area contributed by atoms with Gasteiger partial charge in [0, 0.05) is 5.56 Å². The topological polar surface area (TPSA) is 89.0 Å². The highest BCUT2D eigenvalue weighted by Gasteiger charge is 2.16. The summed E-state index contributed by atoms with van der Waals surface area (Å²) in [7, 11) is 0. The Balaban J connectivity index is 1.67. The zero-order valence-electron chi connectivity index (χ0n) is 15.4. The summed E-state index contributed by atoms with van der Waals surface area (Å²) in [6.07, 6.45) is 0.0729. The first-order valence-corrected chi connectivity index (χ1v) is 8.61. The Hall–Kier alpha value is -3.35. The molecule has 0 aromatic heterocycles. The smallest absolute Gasteiger partial charge is 0.271 e. The molecule has 0 fully saturated rings.